The quantitative estimate of drug-likeness (QED) is 0.497. The molecule has 0 radical (unpaired) electrons. The average molecular weight is 187 g/mol. The number of carbonyl (C=O) groups is 1. The second-order valence-corrected chi connectivity index (χ2v) is 2.02. The Morgan fingerprint density at radius 1 is 1.67 bits per heavy atom. The lowest BCUT2D eigenvalue weighted by Crippen LogP contribution is -2.39. The molecule has 0 aromatic heterocycles. The number of carbonyl (C=O) groups excluding carboxylic acids is 1. The van der Waals surface area contributed by atoms with Gasteiger partial charge < -0.3 is 9.94 Å². The second-order valence-electron chi connectivity index (χ2n) is 2.02. The number of halogens is 3. The summed E-state index contributed by atoms with van der Waals surface area (Å²) in [6.45, 7) is 0. The van der Waals surface area contributed by atoms with Gasteiger partial charge in [0.25, 0.3) is 0 Å². The van der Waals surface area contributed by atoms with Crippen molar-refractivity contribution in [1.29, 1.82) is 0 Å². The lowest BCUT2D eigenvalue weighted by atomic mass is 10.2. The van der Waals surface area contributed by atoms with Crippen LogP contribution < -0.4 is 5.48 Å². The van der Waals surface area contributed by atoms with E-state index in [4.69, 9.17) is 5.21 Å². The van der Waals surface area contributed by atoms with E-state index in [0.29, 0.717) is 0 Å². The zero-order valence-corrected chi connectivity index (χ0v) is 6.18. The zero-order valence-electron chi connectivity index (χ0n) is 6.18. The minimum absolute atomic E-state index is 0.934. The summed E-state index contributed by atoms with van der Waals surface area (Å²) in [6.07, 6.45) is -5.98. The van der Waals surface area contributed by atoms with E-state index >= 15 is 0 Å². The van der Waals surface area contributed by atoms with Crippen molar-refractivity contribution < 1.29 is 27.9 Å². The minimum Gasteiger partial charge on any atom is -0.468 e. The van der Waals surface area contributed by atoms with Gasteiger partial charge in [0, 0.05) is 0 Å². The van der Waals surface area contributed by atoms with Crippen molar-refractivity contribution in [3.8, 4) is 0 Å². The molecule has 0 unspecified atom stereocenters. The van der Waals surface area contributed by atoms with Crippen LogP contribution in [0.3, 0.4) is 0 Å². The summed E-state index contributed by atoms with van der Waals surface area (Å²) in [5, 5.41) is 8.14. The number of hydroxylamine groups is 1. The van der Waals surface area contributed by atoms with E-state index in [1.54, 1.807) is 0 Å². The van der Waals surface area contributed by atoms with Gasteiger partial charge >= 0.3 is 12.1 Å². The summed E-state index contributed by atoms with van der Waals surface area (Å²) >= 11 is 0. The summed E-state index contributed by atoms with van der Waals surface area (Å²) in [7, 11) is 0.934. The van der Waals surface area contributed by atoms with E-state index < -0.39 is 24.6 Å². The van der Waals surface area contributed by atoms with Crippen LogP contribution in [0.5, 0.6) is 0 Å². The van der Waals surface area contributed by atoms with E-state index in [0.717, 1.165) is 7.11 Å². The van der Waals surface area contributed by atoms with Gasteiger partial charge in [-0.3, -0.25) is 4.79 Å². The summed E-state index contributed by atoms with van der Waals surface area (Å²) in [4.78, 5) is 10.5. The molecule has 0 spiro atoms. The lowest BCUT2D eigenvalue weighted by Gasteiger charge is -2.13. The molecule has 4 nitrogen and oxygen atoms in total. The minimum atomic E-state index is -4.52. The van der Waals surface area contributed by atoms with Crippen molar-refractivity contribution in [3.63, 3.8) is 0 Å². The normalized spacial score (nSPS) is 14.1. The number of esters is 1. The number of hydrogen-bond donors (Lipinski definition) is 2. The van der Waals surface area contributed by atoms with Crippen LogP contribution in [-0.2, 0) is 9.53 Å². The Balaban J connectivity index is 4.09. The molecule has 0 amide bonds. The number of nitrogens with one attached hydrogen (secondary N) is 1. The highest BCUT2D eigenvalue weighted by molar-refractivity contribution is 5.75. The van der Waals surface area contributed by atoms with Gasteiger partial charge in [0.05, 0.1) is 13.5 Å². The Morgan fingerprint density at radius 3 is 2.42 bits per heavy atom. The van der Waals surface area contributed by atoms with E-state index in [9.17, 15) is 18.0 Å². The molecule has 2 N–H and O–H groups in total. The Labute approximate surface area is 66.3 Å². The van der Waals surface area contributed by atoms with Crippen LogP contribution >= 0.6 is 0 Å². The molecule has 0 aliphatic rings. The van der Waals surface area contributed by atoms with Crippen molar-refractivity contribution in [3.05, 3.63) is 0 Å². The summed E-state index contributed by atoms with van der Waals surface area (Å²) in [6, 6.07) is -1.75. The summed E-state index contributed by atoms with van der Waals surface area (Å²) in [5.41, 5.74) is 1.21. The van der Waals surface area contributed by atoms with Gasteiger partial charge in [-0.05, 0) is 0 Å². The number of ether oxygens (including phenoxy) is 1. The smallest absolute Gasteiger partial charge is 0.391 e. The Morgan fingerprint density at radius 2 is 2.17 bits per heavy atom. The van der Waals surface area contributed by atoms with Crippen LogP contribution in [-0.4, -0.2) is 30.5 Å². The fraction of sp³-hybridized carbons (Fsp3) is 0.800. The second kappa shape index (κ2) is 4.27. The van der Waals surface area contributed by atoms with Crippen molar-refractivity contribution >= 4 is 5.97 Å². The van der Waals surface area contributed by atoms with Crippen LogP contribution in [0.15, 0.2) is 0 Å². The fourth-order valence-electron chi connectivity index (χ4n) is 0.555. The first kappa shape index (κ1) is 11.2. The highest BCUT2D eigenvalue weighted by Gasteiger charge is 2.35. The van der Waals surface area contributed by atoms with Crippen LogP contribution in [0.4, 0.5) is 13.2 Å². The maximum atomic E-state index is 11.6. The van der Waals surface area contributed by atoms with Crippen LogP contribution in [0, 0.1) is 0 Å². The lowest BCUT2D eigenvalue weighted by molar-refractivity contribution is -0.166. The molecular weight excluding hydrogens is 179 g/mol. The van der Waals surface area contributed by atoms with Gasteiger partial charge in [0.2, 0.25) is 0 Å². The van der Waals surface area contributed by atoms with Crippen molar-refractivity contribution in [2.75, 3.05) is 7.11 Å². The van der Waals surface area contributed by atoms with Crippen LogP contribution in [0.25, 0.3) is 0 Å². The number of alkyl halides is 3. The van der Waals surface area contributed by atoms with Crippen molar-refractivity contribution in [1.82, 2.24) is 5.48 Å². The Hall–Kier alpha value is -0.820. The predicted molar refractivity (Wildman–Crippen MR) is 31.4 cm³/mol. The molecule has 12 heavy (non-hydrogen) atoms. The first-order valence-corrected chi connectivity index (χ1v) is 2.95. The third-order valence-corrected chi connectivity index (χ3v) is 1.08. The number of rotatable bonds is 3. The van der Waals surface area contributed by atoms with Crippen LogP contribution in [0.1, 0.15) is 6.42 Å². The highest BCUT2D eigenvalue weighted by atomic mass is 19.4. The number of methoxy groups -OCH3 is 1. The van der Waals surface area contributed by atoms with Gasteiger partial charge in [0.1, 0.15) is 6.04 Å². The molecule has 72 valence electrons. The topological polar surface area (TPSA) is 58.6 Å². The molecule has 1 atom stereocenters. The third kappa shape index (κ3) is 4.14. The van der Waals surface area contributed by atoms with E-state index in [1.807, 2.05) is 0 Å². The molecular formula is C5H8F3NO3. The molecule has 0 aliphatic heterocycles. The Kier molecular flexibility index (Phi) is 3.98. The maximum absolute atomic E-state index is 11.6. The molecule has 0 fully saturated rings. The first-order chi connectivity index (χ1) is 5.40. The van der Waals surface area contributed by atoms with E-state index in [1.165, 1.54) is 5.48 Å². The molecule has 0 heterocycles. The molecule has 7 heteroatoms. The SMILES string of the molecule is COC(=O)[C@@H](CC(F)(F)F)NO. The average Bonchev–Trinajstić information content (AvgIpc) is 1.97. The predicted octanol–water partition coefficient (Wildman–Crippen LogP) is 0.459. The molecule has 0 saturated carbocycles. The van der Waals surface area contributed by atoms with Gasteiger partial charge in [-0.15, -0.1) is 0 Å². The summed E-state index contributed by atoms with van der Waals surface area (Å²) in [5.74, 6) is -1.16. The standard InChI is InChI=1S/C5H8F3NO3/c1-12-4(10)3(9-11)2-5(6,7)8/h3,9,11H,2H2,1H3/t3-/m1/s1. The monoisotopic (exact) mass is 187 g/mol. The number of hydrogen-bond acceptors (Lipinski definition) is 4. The maximum Gasteiger partial charge on any atom is 0.391 e. The van der Waals surface area contributed by atoms with Gasteiger partial charge in [0.15, 0.2) is 0 Å². The van der Waals surface area contributed by atoms with Crippen LogP contribution in [0.2, 0.25) is 0 Å². The molecule has 0 bridgehead atoms. The fourth-order valence-corrected chi connectivity index (χ4v) is 0.555. The molecule has 0 aliphatic carbocycles. The summed E-state index contributed by atoms with van der Waals surface area (Å²) < 4.78 is 38.9. The molecule has 0 aromatic carbocycles. The van der Waals surface area contributed by atoms with Gasteiger partial charge in [-0.25, -0.2) is 0 Å². The zero-order chi connectivity index (χ0) is 9.78. The highest BCUT2D eigenvalue weighted by Crippen LogP contribution is 2.21. The van der Waals surface area contributed by atoms with Gasteiger partial charge in [-0.1, -0.05) is 0 Å². The third-order valence-electron chi connectivity index (χ3n) is 1.08. The van der Waals surface area contributed by atoms with E-state index in [2.05, 4.69) is 4.74 Å². The van der Waals surface area contributed by atoms with Gasteiger partial charge in [-0.2, -0.15) is 18.7 Å². The molecule has 0 saturated heterocycles. The Bertz CT molecular complexity index is 159. The van der Waals surface area contributed by atoms with Crippen molar-refractivity contribution in [2.24, 2.45) is 0 Å². The first-order valence-electron chi connectivity index (χ1n) is 2.95. The largest absolute Gasteiger partial charge is 0.468 e. The van der Waals surface area contributed by atoms with Crippen molar-refractivity contribution in [2.45, 2.75) is 18.6 Å². The van der Waals surface area contributed by atoms with E-state index in [-0.39, 0.29) is 0 Å². The molecule has 0 rings (SSSR count). The molecule has 0 aromatic rings.